The number of benzene rings is 1. The predicted octanol–water partition coefficient (Wildman–Crippen LogP) is 5.29. The molecule has 1 nitrogen and oxygen atoms in total. The van der Waals surface area contributed by atoms with Gasteiger partial charge >= 0.3 is 6.18 Å². The molecule has 0 spiro atoms. The van der Waals surface area contributed by atoms with Crippen molar-refractivity contribution in [3.05, 3.63) is 28.2 Å². The van der Waals surface area contributed by atoms with Crippen molar-refractivity contribution in [2.75, 3.05) is 17.7 Å². The van der Waals surface area contributed by atoms with Gasteiger partial charge in [-0.05, 0) is 47.0 Å². The Labute approximate surface area is 118 Å². The molecule has 0 aromatic heterocycles. The first-order chi connectivity index (χ1) is 8.45. The van der Waals surface area contributed by atoms with E-state index in [4.69, 9.17) is 11.6 Å². The molecular weight excluding hydrogens is 330 g/mol. The second-order valence-electron chi connectivity index (χ2n) is 3.87. The largest absolute Gasteiger partial charge is 0.416 e. The predicted molar refractivity (Wildman–Crippen MR) is 72.2 cm³/mol. The van der Waals surface area contributed by atoms with Gasteiger partial charge in [0.05, 0.1) is 5.56 Å². The van der Waals surface area contributed by atoms with E-state index in [9.17, 15) is 13.2 Å². The summed E-state index contributed by atoms with van der Waals surface area (Å²) in [6, 6.07) is 3.60. The smallest absolute Gasteiger partial charge is 0.384 e. The van der Waals surface area contributed by atoms with Crippen LogP contribution in [0.15, 0.2) is 22.7 Å². The summed E-state index contributed by atoms with van der Waals surface area (Å²) in [5, 5.41) is 3.09. The molecule has 0 amide bonds. The SMILES string of the molecule is FC(F)(F)c1ccc(NCCCCCCl)c(Br)c1. The molecule has 0 aliphatic rings. The third kappa shape index (κ3) is 5.06. The molecule has 0 saturated carbocycles. The molecule has 0 bridgehead atoms. The van der Waals surface area contributed by atoms with Crippen molar-refractivity contribution in [3.8, 4) is 0 Å². The summed E-state index contributed by atoms with van der Waals surface area (Å²) in [5.74, 6) is 0.643. The van der Waals surface area contributed by atoms with Crippen LogP contribution in [-0.2, 0) is 6.18 Å². The minimum Gasteiger partial charge on any atom is -0.384 e. The maximum Gasteiger partial charge on any atom is 0.416 e. The van der Waals surface area contributed by atoms with Gasteiger partial charge in [-0.3, -0.25) is 0 Å². The lowest BCUT2D eigenvalue weighted by molar-refractivity contribution is -0.137. The lowest BCUT2D eigenvalue weighted by atomic mass is 10.2. The van der Waals surface area contributed by atoms with Crippen LogP contribution in [-0.4, -0.2) is 12.4 Å². The number of alkyl halides is 4. The molecule has 102 valence electrons. The molecule has 0 atom stereocenters. The van der Waals surface area contributed by atoms with E-state index in [0.29, 0.717) is 16.0 Å². The van der Waals surface area contributed by atoms with Crippen LogP contribution < -0.4 is 5.32 Å². The summed E-state index contributed by atoms with van der Waals surface area (Å²) in [6.07, 6.45) is -1.40. The zero-order valence-electron chi connectivity index (χ0n) is 9.66. The van der Waals surface area contributed by atoms with Gasteiger partial charge in [-0.1, -0.05) is 6.42 Å². The molecule has 0 unspecified atom stereocenters. The van der Waals surface area contributed by atoms with Gasteiger partial charge in [0.15, 0.2) is 0 Å². The first-order valence-corrected chi connectivity index (χ1v) is 6.94. The lowest BCUT2D eigenvalue weighted by Gasteiger charge is -2.11. The minimum atomic E-state index is -4.30. The molecule has 0 heterocycles. The van der Waals surface area contributed by atoms with Gasteiger partial charge in [-0.2, -0.15) is 13.2 Å². The van der Waals surface area contributed by atoms with Crippen molar-refractivity contribution in [1.82, 2.24) is 0 Å². The average molecular weight is 345 g/mol. The first kappa shape index (κ1) is 15.6. The summed E-state index contributed by atoms with van der Waals surface area (Å²) in [4.78, 5) is 0. The van der Waals surface area contributed by atoms with E-state index < -0.39 is 11.7 Å². The third-order valence-electron chi connectivity index (χ3n) is 2.42. The van der Waals surface area contributed by atoms with E-state index in [1.54, 1.807) is 0 Å². The van der Waals surface area contributed by atoms with Crippen molar-refractivity contribution >= 4 is 33.2 Å². The average Bonchev–Trinajstić information content (AvgIpc) is 2.29. The van der Waals surface area contributed by atoms with Crippen molar-refractivity contribution in [3.63, 3.8) is 0 Å². The number of rotatable bonds is 6. The van der Waals surface area contributed by atoms with Crippen molar-refractivity contribution in [1.29, 1.82) is 0 Å². The monoisotopic (exact) mass is 343 g/mol. The Balaban J connectivity index is 2.53. The number of halogens is 5. The summed E-state index contributed by atoms with van der Waals surface area (Å²) < 4.78 is 37.7. The second kappa shape index (κ2) is 7.24. The van der Waals surface area contributed by atoms with Gasteiger partial charge in [-0.15, -0.1) is 11.6 Å². The summed E-state index contributed by atoms with van der Waals surface area (Å²) in [6.45, 7) is 0.723. The highest BCUT2D eigenvalue weighted by Crippen LogP contribution is 2.33. The van der Waals surface area contributed by atoms with Crippen molar-refractivity contribution < 1.29 is 13.2 Å². The van der Waals surface area contributed by atoms with Gasteiger partial charge in [-0.25, -0.2) is 0 Å². The molecular formula is C12H14BrClF3N. The number of hydrogen-bond donors (Lipinski definition) is 1. The highest BCUT2D eigenvalue weighted by atomic mass is 79.9. The molecule has 18 heavy (non-hydrogen) atoms. The van der Waals surface area contributed by atoms with Crippen molar-refractivity contribution in [2.24, 2.45) is 0 Å². The van der Waals surface area contributed by atoms with Gasteiger partial charge < -0.3 is 5.32 Å². The van der Waals surface area contributed by atoms with Gasteiger partial charge in [0.25, 0.3) is 0 Å². The highest BCUT2D eigenvalue weighted by Gasteiger charge is 2.30. The molecule has 0 saturated heterocycles. The number of nitrogens with one attached hydrogen (secondary N) is 1. The van der Waals surface area contributed by atoms with E-state index in [0.717, 1.165) is 37.9 Å². The molecule has 0 fully saturated rings. The van der Waals surface area contributed by atoms with Crippen LogP contribution >= 0.6 is 27.5 Å². The normalized spacial score (nSPS) is 11.6. The zero-order valence-corrected chi connectivity index (χ0v) is 12.0. The molecule has 1 aromatic carbocycles. The fourth-order valence-electron chi connectivity index (χ4n) is 1.45. The van der Waals surface area contributed by atoms with Crippen LogP contribution in [0.1, 0.15) is 24.8 Å². The maximum atomic E-state index is 12.4. The van der Waals surface area contributed by atoms with E-state index in [1.807, 2.05) is 0 Å². The fraction of sp³-hybridized carbons (Fsp3) is 0.500. The summed E-state index contributed by atoms with van der Waals surface area (Å²) in [7, 11) is 0. The Morgan fingerprint density at radius 3 is 2.44 bits per heavy atom. The molecule has 0 aliphatic carbocycles. The van der Waals surface area contributed by atoms with Crippen LogP contribution in [0, 0.1) is 0 Å². The van der Waals surface area contributed by atoms with E-state index in [2.05, 4.69) is 21.2 Å². The van der Waals surface area contributed by atoms with Crippen LogP contribution in [0.3, 0.4) is 0 Å². The van der Waals surface area contributed by atoms with Gasteiger partial charge in [0.1, 0.15) is 0 Å². The lowest BCUT2D eigenvalue weighted by Crippen LogP contribution is -2.07. The van der Waals surface area contributed by atoms with Crippen LogP contribution in [0.25, 0.3) is 0 Å². The highest BCUT2D eigenvalue weighted by molar-refractivity contribution is 9.10. The van der Waals surface area contributed by atoms with E-state index in [-0.39, 0.29) is 0 Å². The van der Waals surface area contributed by atoms with Gasteiger partial charge in [0, 0.05) is 22.6 Å². The number of unbranched alkanes of at least 4 members (excludes halogenated alkanes) is 2. The Kier molecular flexibility index (Phi) is 6.29. The molecule has 6 heteroatoms. The Bertz CT molecular complexity index is 382. The molecule has 1 N–H and O–H groups in total. The Hall–Kier alpha value is -0.420. The molecule has 1 rings (SSSR count). The fourth-order valence-corrected chi connectivity index (χ4v) is 2.16. The summed E-state index contributed by atoms with van der Waals surface area (Å²) in [5.41, 5.74) is 0.0240. The standard InChI is InChI=1S/C12H14BrClF3N/c13-10-8-9(12(15,16)17)4-5-11(10)18-7-3-1-2-6-14/h4-5,8,18H,1-3,6-7H2. The topological polar surface area (TPSA) is 12.0 Å². The Morgan fingerprint density at radius 1 is 1.17 bits per heavy atom. The second-order valence-corrected chi connectivity index (χ2v) is 5.10. The zero-order chi connectivity index (χ0) is 13.6. The van der Waals surface area contributed by atoms with Crippen LogP contribution in [0.5, 0.6) is 0 Å². The van der Waals surface area contributed by atoms with Gasteiger partial charge in [0.2, 0.25) is 0 Å². The molecule has 0 aliphatic heterocycles. The van der Waals surface area contributed by atoms with E-state index in [1.165, 1.54) is 6.07 Å². The molecule has 1 aromatic rings. The quantitative estimate of drug-likeness (QED) is 0.546. The molecule has 0 radical (unpaired) electrons. The van der Waals surface area contributed by atoms with Crippen LogP contribution in [0.4, 0.5) is 18.9 Å². The third-order valence-corrected chi connectivity index (χ3v) is 3.35. The number of hydrogen-bond acceptors (Lipinski definition) is 1. The summed E-state index contributed by atoms with van der Waals surface area (Å²) >= 11 is 8.69. The maximum absolute atomic E-state index is 12.4. The Morgan fingerprint density at radius 2 is 1.89 bits per heavy atom. The van der Waals surface area contributed by atoms with E-state index >= 15 is 0 Å². The van der Waals surface area contributed by atoms with Crippen molar-refractivity contribution in [2.45, 2.75) is 25.4 Å². The minimum absolute atomic E-state index is 0.426. The first-order valence-electron chi connectivity index (χ1n) is 5.61. The number of anilines is 1. The van der Waals surface area contributed by atoms with Crippen LogP contribution in [0.2, 0.25) is 0 Å².